The van der Waals surface area contributed by atoms with E-state index in [4.69, 9.17) is 24.6 Å². The Bertz CT molecular complexity index is 2620. The summed E-state index contributed by atoms with van der Waals surface area (Å²) in [5, 5.41) is 5.78. The number of H-pyrrole nitrogens is 1. The number of methoxy groups -OCH3 is 1. The molecule has 1 aliphatic heterocycles. The Morgan fingerprint density at radius 3 is 1.84 bits per heavy atom. The molecule has 0 spiro atoms. The first-order valence-corrected chi connectivity index (χ1v) is 24.0. The van der Waals surface area contributed by atoms with Crippen LogP contribution in [0.5, 0.6) is 5.75 Å². The summed E-state index contributed by atoms with van der Waals surface area (Å²) in [6.45, 7) is 10.9. The Balaban J connectivity index is 1.23. The van der Waals surface area contributed by atoms with Gasteiger partial charge in [-0.2, -0.15) is 4.98 Å². The lowest BCUT2D eigenvalue weighted by molar-refractivity contribution is -0.0614. The van der Waals surface area contributed by atoms with Crippen LogP contribution in [-0.2, 0) is 14.7 Å². The maximum absolute atomic E-state index is 14.3. The molecule has 5 atom stereocenters. The number of ether oxygens (including phenoxy) is 2. The lowest BCUT2D eigenvalue weighted by Gasteiger charge is -2.46. The second-order valence-electron chi connectivity index (χ2n) is 17.2. The van der Waals surface area contributed by atoms with Crippen molar-refractivity contribution in [1.29, 1.82) is 0 Å². The normalized spacial score (nSPS) is 18.1. The first-order chi connectivity index (χ1) is 29.9. The van der Waals surface area contributed by atoms with Crippen LogP contribution in [0.25, 0.3) is 10.3 Å². The highest BCUT2D eigenvalue weighted by molar-refractivity contribution is 7.16. The van der Waals surface area contributed by atoms with E-state index in [-0.39, 0.29) is 44.3 Å². The van der Waals surface area contributed by atoms with Gasteiger partial charge in [-0.15, -0.1) is 0 Å². The summed E-state index contributed by atoms with van der Waals surface area (Å²) in [6.07, 6.45) is -0.299. The van der Waals surface area contributed by atoms with E-state index in [2.05, 4.69) is 86.5 Å². The number of fused-ring (bicyclic) bond motifs is 1. The first kappa shape index (κ1) is 43.0. The van der Waals surface area contributed by atoms with Crippen molar-refractivity contribution < 1.29 is 13.9 Å². The second kappa shape index (κ2) is 17.6. The maximum Gasteiger partial charge on any atom is 0.311 e. The highest BCUT2D eigenvalue weighted by Gasteiger charge is 2.53. The molecule has 0 amide bonds. The summed E-state index contributed by atoms with van der Waals surface area (Å²) < 4.78 is 22.0. The molecule has 10 nitrogen and oxygen atoms in total. The second-order valence-corrected chi connectivity index (χ2v) is 22.4. The van der Waals surface area contributed by atoms with Crippen LogP contribution in [0.3, 0.4) is 0 Å². The third-order valence-electron chi connectivity index (χ3n) is 12.4. The van der Waals surface area contributed by atoms with Gasteiger partial charge in [0, 0.05) is 12.0 Å². The molecule has 4 N–H and O–H groups in total. The van der Waals surface area contributed by atoms with E-state index in [9.17, 15) is 9.59 Å². The molecule has 1 fully saturated rings. The maximum atomic E-state index is 14.3. The Hall–Kier alpha value is -5.63. The predicted molar refractivity (Wildman–Crippen MR) is 252 cm³/mol. The van der Waals surface area contributed by atoms with Gasteiger partial charge in [0.1, 0.15) is 22.2 Å². The zero-order chi connectivity index (χ0) is 43.6. The van der Waals surface area contributed by atoms with E-state index in [1.54, 1.807) is 11.7 Å². The lowest BCUT2D eigenvalue weighted by atomic mass is 9.77. The van der Waals surface area contributed by atoms with Crippen LogP contribution >= 0.6 is 11.3 Å². The van der Waals surface area contributed by atoms with Gasteiger partial charge >= 0.3 is 4.87 Å². The van der Waals surface area contributed by atoms with E-state index in [0.717, 1.165) is 28.0 Å². The average molecular weight is 866 g/mol. The minimum Gasteiger partial charge on any atom is -0.497 e. The lowest BCUT2D eigenvalue weighted by Crippen LogP contribution is -2.68. The zero-order valence-corrected chi connectivity index (χ0v) is 37.9. The standard InChI is InChI=1S/C50H55N5O5SSi/c1-7-41(60-62(49(3,4)5,38-24-16-10-17-25-38)39-26-18-11-19-27-39)42-32-40(33(2)51)46(59-42)55-44-43(61-48(55)57)45(56)53-47(52-44)54-50(34-20-12-8-13-21-34,35-22-14-9-15-23-35)36-28-30-37(58-6)31-29-36/h8-31,33,40-42,46H,7,32,51H2,1-6H3,(H2,52,53,54,56)/t33-,40-,41-,42-,46+/m0/s1. The van der Waals surface area contributed by atoms with Crippen molar-refractivity contribution >= 4 is 46.3 Å². The molecule has 62 heavy (non-hydrogen) atoms. The fraction of sp³-hybridized carbons (Fsp3) is 0.300. The number of benzene rings is 5. The van der Waals surface area contributed by atoms with Gasteiger partial charge in [-0.1, -0.05) is 172 Å². The van der Waals surface area contributed by atoms with Crippen molar-refractivity contribution in [3.63, 3.8) is 0 Å². The quantitative estimate of drug-likeness (QED) is 0.0737. The number of anilines is 1. The minimum absolute atomic E-state index is 0.186. The number of hydrogen-bond acceptors (Lipinski definition) is 9. The van der Waals surface area contributed by atoms with Crippen molar-refractivity contribution in [2.45, 2.75) is 82.5 Å². The molecular formula is C50H55N5O5SSi. The highest BCUT2D eigenvalue weighted by atomic mass is 32.1. The van der Waals surface area contributed by atoms with E-state index in [0.29, 0.717) is 18.6 Å². The number of nitrogens with two attached hydrogens (primary N) is 1. The van der Waals surface area contributed by atoms with Gasteiger partial charge in [-0.3, -0.25) is 19.1 Å². The molecular weight excluding hydrogens is 811 g/mol. The summed E-state index contributed by atoms with van der Waals surface area (Å²) in [5.74, 6) is 0.614. The van der Waals surface area contributed by atoms with Gasteiger partial charge < -0.3 is 25.0 Å². The van der Waals surface area contributed by atoms with Crippen LogP contribution in [-0.4, -0.2) is 48.2 Å². The van der Waals surface area contributed by atoms with E-state index in [1.807, 2.05) is 104 Å². The van der Waals surface area contributed by atoms with E-state index < -0.39 is 31.7 Å². The fourth-order valence-electron chi connectivity index (χ4n) is 9.35. The number of aromatic amines is 1. The average Bonchev–Trinajstić information content (AvgIpc) is 3.88. The van der Waals surface area contributed by atoms with Crippen LogP contribution in [0.4, 0.5) is 5.95 Å². The number of rotatable bonds is 14. The molecule has 1 saturated heterocycles. The number of hydrogen-bond donors (Lipinski definition) is 3. The van der Waals surface area contributed by atoms with Crippen LogP contribution in [0.1, 0.15) is 70.4 Å². The van der Waals surface area contributed by atoms with Gasteiger partial charge in [-0.05, 0) is 64.0 Å². The Kier molecular flexibility index (Phi) is 12.2. The third-order valence-corrected chi connectivity index (χ3v) is 18.4. The van der Waals surface area contributed by atoms with Crippen LogP contribution in [0.15, 0.2) is 155 Å². The molecule has 0 bridgehead atoms. The molecule has 0 saturated carbocycles. The van der Waals surface area contributed by atoms with Gasteiger partial charge in [-0.25, -0.2) is 0 Å². The van der Waals surface area contributed by atoms with Crippen molar-refractivity contribution in [2.24, 2.45) is 11.7 Å². The molecule has 12 heteroatoms. The largest absolute Gasteiger partial charge is 0.497 e. The highest BCUT2D eigenvalue weighted by Crippen LogP contribution is 2.44. The fourth-order valence-corrected chi connectivity index (χ4v) is 15.0. The van der Waals surface area contributed by atoms with Crippen LogP contribution in [0, 0.1) is 5.92 Å². The number of nitrogens with one attached hydrogen (secondary N) is 2. The molecule has 3 heterocycles. The zero-order valence-electron chi connectivity index (χ0n) is 36.1. The minimum atomic E-state index is -2.97. The summed E-state index contributed by atoms with van der Waals surface area (Å²) in [5.41, 5.74) is 8.26. The monoisotopic (exact) mass is 865 g/mol. The van der Waals surface area contributed by atoms with Crippen LogP contribution in [0.2, 0.25) is 5.04 Å². The van der Waals surface area contributed by atoms with Gasteiger partial charge in [0.05, 0.1) is 19.3 Å². The van der Waals surface area contributed by atoms with E-state index >= 15 is 0 Å². The van der Waals surface area contributed by atoms with Crippen molar-refractivity contribution in [3.8, 4) is 5.75 Å². The number of nitrogens with zero attached hydrogens (tertiary/aromatic N) is 2. The van der Waals surface area contributed by atoms with Crippen LogP contribution < -0.4 is 36.6 Å². The summed E-state index contributed by atoms with van der Waals surface area (Å²) in [4.78, 5) is 36.1. The Labute approximate surface area is 367 Å². The summed E-state index contributed by atoms with van der Waals surface area (Å²) in [6, 6.07) is 48.7. The predicted octanol–water partition coefficient (Wildman–Crippen LogP) is 8.17. The summed E-state index contributed by atoms with van der Waals surface area (Å²) in [7, 11) is -1.34. The molecule has 1 aliphatic rings. The molecule has 320 valence electrons. The van der Waals surface area contributed by atoms with Crippen molar-refractivity contribution in [2.75, 3.05) is 12.4 Å². The van der Waals surface area contributed by atoms with Crippen molar-refractivity contribution in [1.82, 2.24) is 14.5 Å². The molecule has 7 aromatic rings. The Morgan fingerprint density at radius 1 is 0.839 bits per heavy atom. The van der Waals surface area contributed by atoms with Crippen molar-refractivity contribution in [3.05, 3.63) is 182 Å². The molecule has 8 rings (SSSR count). The smallest absolute Gasteiger partial charge is 0.311 e. The third kappa shape index (κ3) is 7.75. The SMILES string of the molecule is CC[C@H](O[Si](c1ccccc1)(c1ccccc1)C(C)(C)C)[C@@H]1C[C@@H]([C@H](C)N)[C@H](n2c(=O)sc3c(=O)[nH]c(NC(c4ccccc4)(c4ccccc4)c4ccc(OC)cc4)nc32)O1. The Morgan fingerprint density at radius 2 is 1.35 bits per heavy atom. The molecule has 2 aromatic heterocycles. The number of thiazole rings is 1. The molecule has 0 unspecified atom stereocenters. The van der Waals surface area contributed by atoms with Gasteiger partial charge in [0.25, 0.3) is 13.9 Å². The molecule has 0 aliphatic carbocycles. The molecule has 0 radical (unpaired) electrons. The van der Waals surface area contributed by atoms with E-state index in [1.165, 1.54) is 10.4 Å². The van der Waals surface area contributed by atoms with Gasteiger partial charge in [0.15, 0.2) is 5.65 Å². The topological polar surface area (TPSA) is 133 Å². The summed E-state index contributed by atoms with van der Waals surface area (Å²) >= 11 is 0.863. The first-order valence-electron chi connectivity index (χ1n) is 21.3. The number of aromatic nitrogens is 3. The molecule has 5 aromatic carbocycles. The van der Waals surface area contributed by atoms with Gasteiger partial charge in [0.2, 0.25) is 5.95 Å².